The van der Waals surface area contributed by atoms with Crippen LogP contribution in [0.4, 0.5) is 15.8 Å². The summed E-state index contributed by atoms with van der Waals surface area (Å²) in [5.41, 5.74) is 0.810. The smallest absolute Gasteiger partial charge is 0.274 e. The minimum absolute atomic E-state index is 0.198. The predicted octanol–water partition coefficient (Wildman–Crippen LogP) is 2.80. The van der Waals surface area contributed by atoms with Crippen molar-refractivity contribution < 1.29 is 14.0 Å². The van der Waals surface area contributed by atoms with Gasteiger partial charge in [-0.05, 0) is 62.2 Å². The van der Waals surface area contributed by atoms with Gasteiger partial charge in [-0.2, -0.15) is 0 Å². The van der Waals surface area contributed by atoms with Crippen LogP contribution in [-0.4, -0.2) is 29.9 Å². The molecular weight excluding hydrogens is 335 g/mol. The molecule has 2 heterocycles. The topological polar surface area (TPSA) is 83.1 Å². The summed E-state index contributed by atoms with van der Waals surface area (Å²) in [6, 6.07) is 8.84. The van der Waals surface area contributed by atoms with Crippen LogP contribution in [0.15, 0.2) is 42.6 Å². The highest BCUT2D eigenvalue weighted by Crippen LogP contribution is 2.24. The van der Waals surface area contributed by atoms with Crippen molar-refractivity contribution in [2.45, 2.75) is 19.3 Å². The number of benzene rings is 1. The molecule has 1 saturated heterocycles. The maximum atomic E-state index is 13.6. The SMILES string of the molecule is O=C(CCC1CCNC1)Nc1cc(F)ccc1NC(=O)c1ccccn1. The number of aromatic nitrogens is 1. The van der Waals surface area contributed by atoms with E-state index in [2.05, 4.69) is 20.9 Å². The number of anilines is 2. The Morgan fingerprint density at radius 3 is 2.81 bits per heavy atom. The predicted molar refractivity (Wildman–Crippen MR) is 97.4 cm³/mol. The van der Waals surface area contributed by atoms with Gasteiger partial charge in [-0.25, -0.2) is 4.39 Å². The highest BCUT2D eigenvalue weighted by Gasteiger charge is 2.17. The number of rotatable bonds is 6. The van der Waals surface area contributed by atoms with Crippen molar-refractivity contribution in [3.63, 3.8) is 0 Å². The standard InChI is InChI=1S/C19H21FN4O2/c20-14-5-6-15(24-19(26)16-3-1-2-9-22-16)17(11-14)23-18(25)7-4-13-8-10-21-12-13/h1-3,5-6,9,11,13,21H,4,7-8,10,12H2,(H,23,25)(H,24,26). The molecule has 0 bridgehead atoms. The lowest BCUT2D eigenvalue weighted by atomic mass is 10.0. The largest absolute Gasteiger partial charge is 0.324 e. The van der Waals surface area contributed by atoms with E-state index in [9.17, 15) is 14.0 Å². The van der Waals surface area contributed by atoms with Gasteiger partial charge in [-0.1, -0.05) is 6.07 Å². The molecule has 1 aromatic heterocycles. The summed E-state index contributed by atoms with van der Waals surface area (Å²) in [5.74, 6) is -0.617. The molecule has 2 amide bonds. The van der Waals surface area contributed by atoms with Gasteiger partial charge in [0.2, 0.25) is 5.91 Å². The molecule has 0 aliphatic carbocycles. The van der Waals surface area contributed by atoms with Gasteiger partial charge in [0, 0.05) is 12.6 Å². The second-order valence-corrected chi connectivity index (χ2v) is 6.30. The van der Waals surface area contributed by atoms with E-state index in [-0.39, 0.29) is 17.3 Å². The fourth-order valence-corrected chi connectivity index (χ4v) is 2.92. The van der Waals surface area contributed by atoms with Gasteiger partial charge in [-0.15, -0.1) is 0 Å². The molecule has 3 N–H and O–H groups in total. The van der Waals surface area contributed by atoms with Crippen LogP contribution in [0.5, 0.6) is 0 Å². The van der Waals surface area contributed by atoms with E-state index in [1.807, 2.05) is 0 Å². The summed E-state index contributed by atoms with van der Waals surface area (Å²) >= 11 is 0. The molecule has 0 radical (unpaired) electrons. The van der Waals surface area contributed by atoms with Gasteiger partial charge in [0.15, 0.2) is 0 Å². The number of hydrogen-bond acceptors (Lipinski definition) is 4. The zero-order valence-corrected chi connectivity index (χ0v) is 14.3. The van der Waals surface area contributed by atoms with Crippen molar-refractivity contribution in [1.82, 2.24) is 10.3 Å². The molecule has 7 heteroatoms. The van der Waals surface area contributed by atoms with Crippen LogP contribution in [0.2, 0.25) is 0 Å². The molecule has 3 rings (SSSR count). The fraction of sp³-hybridized carbons (Fsp3) is 0.316. The van der Waals surface area contributed by atoms with Gasteiger partial charge < -0.3 is 16.0 Å². The average molecular weight is 356 g/mol. The van der Waals surface area contributed by atoms with Crippen LogP contribution < -0.4 is 16.0 Å². The number of hydrogen-bond donors (Lipinski definition) is 3. The fourth-order valence-electron chi connectivity index (χ4n) is 2.92. The number of nitrogens with one attached hydrogen (secondary N) is 3. The maximum absolute atomic E-state index is 13.6. The molecule has 0 spiro atoms. The molecule has 1 unspecified atom stereocenters. The second-order valence-electron chi connectivity index (χ2n) is 6.30. The van der Waals surface area contributed by atoms with Gasteiger partial charge in [0.25, 0.3) is 5.91 Å². The van der Waals surface area contributed by atoms with Gasteiger partial charge in [-0.3, -0.25) is 14.6 Å². The molecule has 26 heavy (non-hydrogen) atoms. The highest BCUT2D eigenvalue weighted by atomic mass is 19.1. The molecular formula is C19H21FN4O2. The first-order valence-corrected chi connectivity index (χ1v) is 8.64. The van der Waals surface area contributed by atoms with Crippen molar-refractivity contribution in [2.24, 2.45) is 5.92 Å². The maximum Gasteiger partial charge on any atom is 0.274 e. The summed E-state index contributed by atoms with van der Waals surface area (Å²) in [5, 5.41) is 8.63. The van der Waals surface area contributed by atoms with E-state index in [1.54, 1.807) is 18.2 Å². The lowest BCUT2D eigenvalue weighted by molar-refractivity contribution is -0.116. The second kappa shape index (κ2) is 8.53. The summed E-state index contributed by atoms with van der Waals surface area (Å²) in [4.78, 5) is 28.4. The molecule has 1 fully saturated rings. The van der Waals surface area contributed by atoms with E-state index in [4.69, 9.17) is 0 Å². The monoisotopic (exact) mass is 356 g/mol. The Labute approximate surface area is 151 Å². The Bertz CT molecular complexity index is 776. The van der Waals surface area contributed by atoms with E-state index >= 15 is 0 Å². The third-order valence-electron chi connectivity index (χ3n) is 4.34. The van der Waals surface area contributed by atoms with Gasteiger partial charge in [0.05, 0.1) is 11.4 Å². The average Bonchev–Trinajstić information content (AvgIpc) is 3.16. The lowest BCUT2D eigenvalue weighted by Crippen LogP contribution is -2.18. The minimum atomic E-state index is -0.490. The van der Waals surface area contributed by atoms with Crippen LogP contribution >= 0.6 is 0 Å². The van der Waals surface area contributed by atoms with E-state index in [0.717, 1.165) is 25.9 Å². The number of carbonyl (C=O) groups excluding carboxylic acids is 2. The van der Waals surface area contributed by atoms with E-state index < -0.39 is 11.7 Å². The molecule has 1 atom stereocenters. The van der Waals surface area contributed by atoms with Gasteiger partial charge >= 0.3 is 0 Å². The normalized spacial score (nSPS) is 16.3. The van der Waals surface area contributed by atoms with Crippen molar-refractivity contribution >= 4 is 23.2 Å². The summed E-state index contributed by atoms with van der Waals surface area (Å²) in [6.07, 6.45) is 3.72. The Balaban J connectivity index is 1.65. The van der Waals surface area contributed by atoms with Gasteiger partial charge in [0.1, 0.15) is 11.5 Å². The first-order valence-electron chi connectivity index (χ1n) is 8.64. The molecule has 0 saturated carbocycles. The number of halogens is 1. The van der Waals surface area contributed by atoms with Crippen LogP contribution in [0.25, 0.3) is 0 Å². The number of carbonyl (C=O) groups is 2. The van der Waals surface area contributed by atoms with E-state index in [0.29, 0.717) is 18.0 Å². The quantitative estimate of drug-likeness (QED) is 0.743. The molecule has 6 nitrogen and oxygen atoms in total. The van der Waals surface area contributed by atoms with Crippen LogP contribution in [0, 0.1) is 11.7 Å². The van der Waals surface area contributed by atoms with Crippen molar-refractivity contribution in [2.75, 3.05) is 23.7 Å². The molecule has 1 aliphatic rings. The van der Waals surface area contributed by atoms with Crippen molar-refractivity contribution in [1.29, 1.82) is 0 Å². The third kappa shape index (κ3) is 4.86. The van der Waals surface area contributed by atoms with Crippen molar-refractivity contribution in [3.05, 3.63) is 54.1 Å². The highest BCUT2D eigenvalue weighted by molar-refractivity contribution is 6.06. The summed E-state index contributed by atoms with van der Waals surface area (Å²) in [6.45, 7) is 1.92. The number of amides is 2. The van der Waals surface area contributed by atoms with E-state index in [1.165, 1.54) is 24.4 Å². The number of pyridine rings is 1. The summed E-state index contributed by atoms with van der Waals surface area (Å²) in [7, 11) is 0. The van der Waals surface area contributed by atoms with Crippen LogP contribution in [0.3, 0.4) is 0 Å². The Hall–Kier alpha value is -2.80. The summed E-state index contributed by atoms with van der Waals surface area (Å²) < 4.78 is 13.6. The molecule has 136 valence electrons. The first-order chi connectivity index (χ1) is 12.6. The lowest BCUT2D eigenvalue weighted by Gasteiger charge is -2.13. The third-order valence-corrected chi connectivity index (χ3v) is 4.34. The zero-order valence-electron chi connectivity index (χ0n) is 14.3. The first kappa shape index (κ1) is 18.0. The molecule has 2 aromatic rings. The Kier molecular flexibility index (Phi) is 5.91. The van der Waals surface area contributed by atoms with Crippen LogP contribution in [-0.2, 0) is 4.79 Å². The Morgan fingerprint density at radius 2 is 2.08 bits per heavy atom. The minimum Gasteiger partial charge on any atom is -0.324 e. The Morgan fingerprint density at radius 1 is 1.19 bits per heavy atom. The zero-order chi connectivity index (χ0) is 18.4. The number of nitrogens with zero attached hydrogens (tertiary/aromatic N) is 1. The molecule has 1 aromatic carbocycles. The van der Waals surface area contributed by atoms with Crippen LogP contribution in [0.1, 0.15) is 29.8 Å². The molecule has 1 aliphatic heterocycles. The van der Waals surface area contributed by atoms with Crippen molar-refractivity contribution in [3.8, 4) is 0 Å².